The normalized spacial score (nSPS) is 14.0. The van der Waals surface area contributed by atoms with Gasteiger partial charge in [-0.25, -0.2) is 4.98 Å². The fourth-order valence-corrected chi connectivity index (χ4v) is 4.12. The van der Waals surface area contributed by atoms with E-state index in [1.807, 2.05) is 0 Å². The number of methoxy groups -OCH3 is 1. The van der Waals surface area contributed by atoms with Crippen molar-refractivity contribution >= 4 is 55.7 Å². The van der Waals surface area contributed by atoms with Gasteiger partial charge < -0.3 is 10.1 Å². The van der Waals surface area contributed by atoms with E-state index in [0.717, 1.165) is 29.5 Å². The number of hydrogen-bond acceptors (Lipinski definition) is 6. The summed E-state index contributed by atoms with van der Waals surface area (Å²) in [6.45, 7) is 0. The molecule has 2 N–H and O–H groups in total. The Balaban J connectivity index is 1.77. The summed E-state index contributed by atoms with van der Waals surface area (Å²) in [5.74, 6) is -1.30. The maximum Gasteiger partial charge on any atom is 0.315 e. The van der Waals surface area contributed by atoms with Crippen LogP contribution in [0.2, 0.25) is 0 Å². The minimum absolute atomic E-state index is 0.0361. The van der Waals surface area contributed by atoms with E-state index in [1.165, 1.54) is 24.6 Å². The summed E-state index contributed by atoms with van der Waals surface area (Å²) in [5, 5.41) is 5.26. The monoisotopic (exact) mass is 451 g/mol. The minimum Gasteiger partial charge on any atom is -0.497 e. The average Bonchev–Trinajstić information content (AvgIpc) is 3.33. The number of aromatic nitrogens is 1. The second-order valence-corrected chi connectivity index (χ2v) is 8.54. The summed E-state index contributed by atoms with van der Waals surface area (Å²) in [6, 6.07) is 4.81. The van der Waals surface area contributed by atoms with Crippen LogP contribution in [-0.2, 0) is 9.59 Å². The fraction of sp³-hybridized carbons (Fsp3) is 0.333. The van der Waals surface area contributed by atoms with E-state index in [2.05, 4.69) is 31.5 Å². The molecule has 0 atom stereocenters. The molecule has 9 heteroatoms. The highest BCUT2D eigenvalue weighted by atomic mass is 79.9. The summed E-state index contributed by atoms with van der Waals surface area (Å²) in [7, 11) is 1.51. The van der Waals surface area contributed by atoms with Gasteiger partial charge in [-0.05, 0) is 47.0 Å². The number of amides is 2. The Kier molecular flexibility index (Phi) is 6.22. The van der Waals surface area contributed by atoms with Gasteiger partial charge in [-0.1, -0.05) is 24.2 Å². The number of anilines is 2. The quantitative estimate of drug-likeness (QED) is 0.531. The topological polar surface area (TPSA) is 97.4 Å². The zero-order chi connectivity index (χ0) is 19.4. The number of halogens is 1. The number of nitrogens with zero attached hydrogens (tertiary/aromatic N) is 1. The van der Waals surface area contributed by atoms with Crippen molar-refractivity contribution in [2.24, 2.45) is 5.92 Å². The maximum absolute atomic E-state index is 12.9. The molecule has 2 aromatic rings. The van der Waals surface area contributed by atoms with Crippen LogP contribution in [0.15, 0.2) is 28.2 Å². The lowest BCUT2D eigenvalue weighted by atomic mass is 9.95. The van der Waals surface area contributed by atoms with Crippen LogP contribution in [0.25, 0.3) is 0 Å². The predicted molar refractivity (Wildman–Crippen MR) is 106 cm³/mol. The van der Waals surface area contributed by atoms with E-state index in [-0.39, 0.29) is 11.7 Å². The van der Waals surface area contributed by atoms with Crippen LogP contribution in [0.4, 0.5) is 10.8 Å². The van der Waals surface area contributed by atoms with Crippen LogP contribution in [0.5, 0.6) is 5.75 Å². The molecule has 0 spiro atoms. The third kappa shape index (κ3) is 4.72. The summed E-state index contributed by atoms with van der Waals surface area (Å²) in [5.41, 5.74) is 0.660. The van der Waals surface area contributed by atoms with Crippen molar-refractivity contribution in [3.63, 3.8) is 0 Å². The maximum atomic E-state index is 12.9. The first-order chi connectivity index (χ1) is 13.0. The van der Waals surface area contributed by atoms with Gasteiger partial charge in [0.1, 0.15) is 5.75 Å². The van der Waals surface area contributed by atoms with Crippen molar-refractivity contribution in [1.82, 2.24) is 4.98 Å². The number of carbonyl (C=O) groups is 3. The minimum atomic E-state index is -0.869. The number of thiazole rings is 1. The molecule has 1 saturated carbocycles. The van der Waals surface area contributed by atoms with E-state index in [4.69, 9.17) is 4.74 Å². The average molecular weight is 452 g/mol. The van der Waals surface area contributed by atoms with E-state index in [0.29, 0.717) is 22.1 Å². The molecular weight excluding hydrogens is 434 g/mol. The number of nitrogens with one attached hydrogen (secondary N) is 2. The van der Waals surface area contributed by atoms with Crippen molar-refractivity contribution in [3.8, 4) is 5.75 Å². The first kappa shape index (κ1) is 19.5. The number of Topliss-reactive ketones (excluding diaryl/α,β-unsaturated/α-hetero) is 1. The Morgan fingerprint density at radius 1 is 1.19 bits per heavy atom. The molecule has 2 amide bonds. The lowest BCUT2D eigenvalue weighted by Crippen LogP contribution is -2.30. The summed E-state index contributed by atoms with van der Waals surface area (Å²) in [6.07, 6.45) is 5.24. The first-order valence-electron chi connectivity index (χ1n) is 8.44. The Morgan fingerprint density at radius 2 is 1.89 bits per heavy atom. The Labute approximate surface area is 168 Å². The zero-order valence-electron chi connectivity index (χ0n) is 14.6. The molecule has 1 heterocycles. The molecule has 0 aliphatic heterocycles. The van der Waals surface area contributed by atoms with Crippen molar-refractivity contribution in [2.45, 2.75) is 25.7 Å². The van der Waals surface area contributed by atoms with Crippen LogP contribution >= 0.6 is 27.3 Å². The molecule has 27 heavy (non-hydrogen) atoms. The highest BCUT2D eigenvalue weighted by Gasteiger charge is 2.27. The molecule has 1 aromatic heterocycles. The molecule has 1 fully saturated rings. The SMILES string of the molecule is COc1ccc(NC(=O)C(=O)Nc2ncc(Br)s2)c(C(=O)C2CCCC2)c1. The number of rotatable bonds is 5. The Bertz CT molecular complexity index is 877. The molecule has 0 unspecified atom stereocenters. The molecule has 7 nitrogen and oxygen atoms in total. The van der Waals surface area contributed by atoms with Crippen molar-refractivity contribution in [3.05, 3.63) is 33.7 Å². The Hall–Kier alpha value is -2.26. The van der Waals surface area contributed by atoms with Crippen LogP contribution in [0, 0.1) is 5.92 Å². The number of carbonyl (C=O) groups excluding carboxylic acids is 3. The second-order valence-electron chi connectivity index (χ2n) is 6.13. The number of ether oxygens (including phenoxy) is 1. The highest BCUT2D eigenvalue weighted by molar-refractivity contribution is 9.11. The predicted octanol–water partition coefficient (Wildman–Crippen LogP) is 3.86. The molecule has 1 aliphatic rings. The molecule has 0 radical (unpaired) electrons. The number of ketones is 1. The van der Waals surface area contributed by atoms with E-state index >= 15 is 0 Å². The lowest BCUT2D eigenvalue weighted by Gasteiger charge is -2.14. The van der Waals surface area contributed by atoms with Crippen molar-refractivity contribution in [1.29, 1.82) is 0 Å². The van der Waals surface area contributed by atoms with Gasteiger partial charge in [0, 0.05) is 11.5 Å². The summed E-state index contributed by atoms with van der Waals surface area (Å²) in [4.78, 5) is 41.2. The van der Waals surface area contributed by atoms with Gasteiger partial charge in [0.2, 0.25) is 0 Å². The molecule has 0 saturated heterocycles. The van der Waals surface area contributed by atoms with Crippen LogP contribution in [0.3, 0.4) is 0 Å². The molecule has 1 aliphatic carbocycles. The molecule has 142 valence electrons. The van der Waals surface area contributed by atoms with Gasteiger partial charge in [-0.3, -0.25) is 19.7 Å². The first-order valence-corrected chi connectivity index (χ1v) is 10.0. The third-order valence-corrected chi connectivity index (χ3v) is 5.76. The third-order valence-electron chi connectivity index (χ3n) is 4.37. The van der Waals surface area contributed by atoms with Gasteiger partial charge in [-0.2, -0.15) is 0 Å². The molecular formula is C18H18BrN3O4S. The standard InChI is InChI=1S/C18H18BrN3O4S/c1-26-11-6-7-13(12(8-11)15(23)10-4-2-3-5-10)21-16(24)17(25)22-18-20-9-14(19)27-18/h6-10H,2-5H2,1H3,(H,21,24)(H,20,22,25). The van der Waals surface area contributed by atoms with E-state index in [1.54, 1.807) is 18.2 Å². The van der Waals surface area contributed by atoms with Crippen LogP contribution in [0.1, 0.15) is 36.0 Å². The second kappa shape index (κ2) is 8.62. The zero-order valence-corrected chi connectivity index (χ0v) is 17.0. The summed E-state index contributed by atoms with van der Waals surface area (Å²) < 4.78 is 5.93. The number of hydrogen-bond donors (Lipinski definition) is 2. The van der Waals surface area contributed by atoms with E-state index in [9.17, 15) is 14.4 Å². The van der Waals surface area contributed by atoms with Crippen molar-refractivity contribution < 1.29 is 19.1 Å². The van der Waals surface area contributed by atoms with Gasteiger partial charge in [0.05, 0.1) is 22.8 Å². The van der Waals surface area contributed by atoms with Gasteiger partial charge >= 0.3 is 11.8 Å². The molecule has 0 bridgehead atoms. The van der Waals surface area contributed by atoms with Gasteiger partial charge in [-0.15, -0.1) is 0 Å². The van der Waals surface area contributed by atoms with Crippen molar-refractivity contribution in [2.75, 3.05) is 17.7 Å². The van der Waals surface area contributed by atoms with E-state index < -0.39 is 11.8 Å². The largest absolute Gasteiger partial charge is 0.497 e. The van der Waals surface area contributed by atoms with Gasteiger partial charge in [0.15, 0.2) is 10.9 Å². The fourth-order valence-electron chi connectivity index (χ4n) is 3.02. The molecule has 3 rings (SSSR count). The number of benzene rings is 1. The highest BCUT2D eigenvalue weighted by Crippen LogP contribution is 2.32. The Morgan fingerprint density at radius 3 is 2.52 bits per heavy atom. The van der Waals surface area contributed by atoms with Crippen LogP contribution < -0.4 is 15.4 Å². The molecule has 1 aromatic carbocycles. The van der Waals surface area contributed by atoms with Gasteiger partial charge in [0.25, 0.3) is 0 Å². The summed E-state index contributed by atoms with van der Waals surface area (Å²) >= 11 is 4.43. The lowest BCUT2D eigenvalue weighted by molar-refractivity contribution is -0.133. The van der Waals surface area contributed by atoms with Crippen LogP contribution in [-0.4, -0.2) is 29.7 Å². The smallest absolute Gasteiger partial charge is 0.315 e.